The maximum atomic E-state index is 10.5. The van der Waals surface area contributed by atoms with Crippen molar-refractivity contribution in [3.63, 3.8) is 0 Å². The Labute approximate surface area is 199 Å². The van der Waals surface area contributed by atoms with Gasteiger partial charge >= 0.3 is 0 Å². The summed E-state index contributed by atoms with van der Waals surface area (Å²) in [6.07, 6.45) is 2.80. The number of hydrogen-bond donors (Lipinski definition) is 1. The fourth-order valence-electron chi connectivity index (χ4n) is 4.40. The number of aliphatic hydroxyl groups excluding tert-OH is 1. The molecule has 33 heavy (non-hydrogen) atoms. The number of hydrogen-bond acceptors (Lipinski definition) is 6. The molecular formula is C27H41NO5. The van der Waals surface area contributed by atoms with Crippen molar-refractivity contribution < 1.29 is 24.1 Å². The standard InChI is InChI=1S/C27H41NO5/c1-20(2)27(19-29,22-10-12-24(31-5)26(18-22)33-7)14-8-15-28(3)16-13-21-9-11-23(30-4)25(17-21)32-6/h9-12,17-18,20,29H,8,13-16,19H2,1-7H3/t27-/m1/s1. The molecule has 184 valence electrons. The minimum atomic E-state index is -0.330. The van der Waals surface area contributed by atoms with Crippen LogP contribution in [-0.2, 0) is 11.8 Å². The molecule has 2 aromatic rings. The Morgan fingerprint density at radius 3 is 1.94 bits per heavy atom. The van der Waals surface area contributed by atoms with Gasteiger partial charge in [0.1, 0.15) is 0 Å². The van der Waals surface area contributed by atoms with Gasteiger partial charge in [0.05, 0.1) is 35.0 Å². The smallest absolute Gasteiger partial charge is 0.161 e. The first-order valence-corrected chi connectivity index (χ1v) is 11.6. The van der Waals surface area contributed by atoms with E-state index in [1.165, 1.54) is 5.56 Å². The van der Waals surface area contributed by atoms with Crippen molar-refractivity contribution in [3.05, 3.63) is 47.5 Å². The van der Waals surface area contributed by atoms with E-state index in [1.807, 2.05) is 24.3 Å². The van der Waals surface area contributed by atoms with Gasteiger partial charge < -0.3 is 29.0 Å². The lowest BCUT2D eigenvalue weighted by atomic mass is 9.69. The molecule has 6 heteroatoms. The van der Waals surface area contributed by atoms with Crippen LogP contribution < -0.4 is 18.9 Å². The second-order valence-electron chi connectivity index (χ2n) is 8.88. The van der Waals surface area contributed by atoms with Gasteiger partial charge in [-0.3, -0.25) is 0 Å². The molecule has 0 radical (unpaired) electrons. The Kier molecular flexibility index (Phi) is 10.3. The largest absolute Gasteiger partial charge is 0.493 e. The van der Waals surface area contributed by atoms with Crippen LogP contribution in [0.15, 0.2) is 36.4 Å². The predicted molar refractivity (Wildman–Crippen MR) is 133 cm³/mol. The van der Waals surface area contributed by atoms with Gasteiger partial charge in [0.2, 0.25) is 0 Å². The van der Waals surface area contributed by atoms with Crippen LogP contribution in [0.25, 0.3) is 0 Å². The molecule has 0 aromatic heterocycles. The molecule has 0 heterocycles. The molecule has 0 amide bonds. The zero-order valence-electron chi connectivity index (χ0n) is 21.3. The van der Waals surface area contributed by atoms with Gasteiger partial charge in [-0.1, -0.05) is 26.0 Å². The molecule has 1 N–H and O–H groups in total. The number of nitrogens with zero attached hydrogens (tertiary/aromatic N) is 1. The van der Waals surface area contributed by atoms with E-state index in [4.69, 9.17) is 18.9 Å². The van der Waals surface area contributed by atoms with Crippen LogP contribution in [0.1, 0.15) is 37.8 Å². The maximum Gasteiger partial charge on any atom is 0.161 e. The highest BCUT2D eigenvalue weighted by Crippen LogP contribution is 2.40. The third-order valence-electron chi connectivity index (χ3n) is 6.74. The van der Waals surface area contributed by atoms with Gasteiger partial charge in [-0.05, 0) is 74.2 Å². The SMILES string of the molecule is COc1ccc(CCN(C)CCC[C@](CO)(c2ccc(OC)c(OC)c2)C(C)C)cc1OC. The lowest BCUT2D eigenvalue weighted by Crippen LogP contribution is -2.37. The molecule has 6 nitrogen and oxygen atoms in total. The van der Waals surface area contributed by atoms with Gasteiger partial charge in [-0.2, -0.15) is 0 Å². The number of rotatable bonds is 14. The lowest BCUT2D eigenvalue weighted by Gasteiger charge is -2.37. The van der Waals surface area contributed by atoms with Crippen LogP contribution in [-0.4, -0.2) is 65.2 Å². The molecule has 0 bridgehead atoms. The summed E-state index contributed by atoms with van der Waals surface area (Å²) in [6, 6.07) is 12.1. The summed E-state index contributed by atoms with van der Waals surface area (Å²) in [7, 11) is 8.74. The molecule has 0 unspecified atom stereocenters. The second kappa shape index (κ2) is 12.7. The summed E-state index contributed by atoms with van der Waals surface area (Å²) in [5.74, 6) is 3.18. The first-order valence-electron chi connectivity index (χ1n) is 11.6. The molecule has 0 spiro atoms. The van der Waals surface area contributed by atoms with Crippen molar-refractivity contribution in [1.29, 1.82) is 0 Å². The highest BCUT2D eigenvalue weighted by Gasteiger charge is 2.35. The van der Waals surface area contributed by atoms with E-state index >= 15 is 0 Å². The van der Waals surface area contributed by atoms with Crippen LogP contribution in [0.2, 0.25) is 0 Å². The number of aliphatic hydroxyl groups is 1. The average Bonchev–Trinajstić information content (AvgIpc) is 2.84. The summed E-state index contributed by atoms with van der Waals surface area (Å²) >= 11 is 0. The summed E-state index contributed by atoms with van der Waals surface area (Å²) in [4.78, 5) is 2.34. The van der Waals surface area contributed by atoms with Crippen molar-refractivity contribution in [1.82, 2.24) is 4.90 Å². The number of methoxy groups -OCH3 is 4. The molecule has 2 aromatic carbocycles. The van der Waals surface area contributed by atoms with Crippen LogP contribution >= 0.6 is 0 Å². The van der Waals surface area contributed by atoms with Crippen LogP contribution in [0.5, 0.6) is 23.0 Å². The molecule has 0 aliphatic rings. The van der Waals surface area contributed by atoms with E-state index in [0.717, 1.165) is 49.4 Å². The van der Waals surface area contributed by atoms with Gasteiger partial charge in [0.15, 0.2) is 23.0 Å². The Bertz CT molecular complexity index is 870. The molecular weight excluding hydrogens is 418 g/mol. The Morgan fingerprint density at radius 1 is 0.818 bits per heavy atom. The molecule has 0 saturated carbocycles. The van der Waals surface area contributed by atoms with Gasteiger partial charge in [0.25, 0.3) is 0 Å². The molecule has 0 aliphatic carbocycles. The second-order valence-corrected chi connectivity index (χ2v) is 8.88. The quantitative estimate of drug-likeness (QED) is 0.447. The highest BCUT2D eigenvalue weighted by molar-refractivity contribution is 5.45. The van der Waals surface area contributed by atoms with E-state index in [1.54, 1.807) is 28.4 Å². The van der Waals surface area contributed by atoms with E-state index in [9.17, 15) is 5.11 Å². The number of likely N-dealkylation sites (N-methyl/N-ethyl adjacent to an activating group) is 1. The highest BCUT2D eigenvalue weighted by atomic mass is 16.5. The molecule has 0 saturated heterocycles. The van der Waals surface area contributed by atoms with E-state index in [2.05, 4.69) is 37.9 Å². The van der Waals surface area contributed by atoms with E-state index in [-0.39, 0.29) is 17.9 Å². The van der Waals surface area contributed by atoms with Crippen LogP contribution in [0, 0.1) is 5.92 Å². The zero-order valence-corrected chi connectivity index (χ0v) is 21.3. The lowest BCUT2D eigenvalue weighted by molar-refractivity contribution is 0.133. The molecule has 0 aliphatic heterocycles. The summed E-state index contributed by atoms with van der Waals surface area (Å²) in [5, 5.41) is 10.5. The molecule has 2 rings (SSSR count). The van der Waals surface area contributed by atoms with Crippen molar-refractivity contribution in [2.24, 2.45) is 5.92 Å². The summed E-state index contributed by atoms with van der Waals surface area (Å²) in [6.45, 7) is 6.34. The molecule has 1 atom stereocenters. The molecule has 0 fully saturated rings. The third kappa shape index (κ3) is 6.55. The fourth-order valence-corrected chi connectivity index (χ4v) is 4.40. The monoisotopic (exact) mass is 459 g/mol. The van der Waals surface area contributed by atoms with Crippen LogP contribution in [0.3, 0.4) is 0 Å². The fraction of sp³-hybridized carbons (Fsp3) is 0.556. The maximum absolute atomic E-state index is 10.5. The minimum absolute atomic E-state index is 0.0928. The minimum Gasteiger partial charge on any atom is -0.493 e. The van der Waals surface area contributed by atoms with E-state index in [0.29, 0.717) is 11.5 Å². The first kappa shape index (κ1) is 26.8. The van der Waals surface area contributed by atoms with Gasteiger partial charge in [0, 0.05) is 12.0 Å². The normalized spacial score (nSPS) is 13.2. The van der Waals surface area contributed by atoms with E-state index < -0.39 is 0 Å². The Morgan fingerprint density at radius 2 is 1.39 bits per heavy atom. The van der Waals surface area contributed by atoms with Gasteiger partial charge in [-0.15, -0.1) is 0 Å². The zero-order chi connectivity index (χ0) is 24.4. The van der Waals surface area contributed by atoms with Crippen molar-refractivity contribution >= 4 is 0 Å². The first-order chi connectivity index (χ1) is 15.8. The van der Waals surface area contributed by atoms with Crippen LogP contribution in [0.4, 0.5) is 0 Å². The predicted octanol–water partition coefficient (Wildman–Crippen LogP) is 4.56. The Balaban J connectivity index is 2.01. The average molecular weight is 460 g/mol. The van der Waals surface area contributed by atoms with Crippen molar-refractivity contribution in [3.8, 4) is 23.0 Å². The number of ether oxygens (including phenoxy) is 4. The van der Waals surface area contributed by atoms with Crippen molar-refractivity contribution in [2.75, 3.05) is 55.2 Å². The topological polar surface area (TPSA) is 60.4 Å². The summed E-state index contributed by atoms with van der Waals surface area (Å²) in [5.41, 5.74) is 1.98. The van der Waals surface area contributed by atoms with Crippen molar-refractivity contribution in [2.45, 2.75) is 38.5 Å². The summed E-state index contributed by atoms with van der Waals surface area (Å²) < 4.78 is 21.6. The number of benzene rings is 2. The van der Waals surface area contributed by atoms with Gasteiger partial charge in [-0.25, -0.2) is 0 Å². The Hall–Kier alpha value is -2.44. The third-order valence-corrected chi connectivity index (χ3v) is 6.74.